The third kappa shape index (κ3) is 6.87. The zero-order chi connectivity index (χ0) is 33.3. The van der Waals surface area contributed by atoms with Crippen LogP contribution in [0.5, 0.6) is 17.4 Å². The molecule has 6 rings (SSSR count). The SMILES string of the molecule is Cc1cc(Oc2ccccc2F)ncc1-n1ncc(C(=O)C2=Cc3cc(OCC(F)F)c(CS(=O)(=O)N4CCOCC4)cc3C2)c1N. The number of nitrogens with two attached hydrogens (primary N) is 1. The van der Waals surface area contributed by atoms with E-state index in [1.807, 2.05) is 0 Å². The number of fused-ring (bicyclic) bond motifs is 1. The fraction of sp³-hybridized carbons (Fsp3) is 0.281. The number of sulfonamides is 1. The Hall–Kier alpha value is -4.73. The minimum absolute atomic E-state index is 0.00331. The average Bonchev–Trinajstić information content (AvgIpc) is 3.64. The monoisotopic (exact) mass is 669 g/mol. The van der Waals surface area contributed by atoms with Gasteiger partial charge in [0, 0.05) is 36.7 Å². The minimum Gasteiger partial charge on any atom is -0.487 e. The van der Waals surface area contributed by atoms with Crippen molar-refractivity contribution in [3.8, 4) is 23.1 Å². The number of benzene rings is 2. The van der Waals surface area contributed by atoms with E-state index in [2.05, 4.69) is 10.1 Å². The largest absolute Gasteiger partial charge is 0.487 e. The Morgan fingerprint density at radius 3 is 2.60 bits per heavy atom. The van der Waals surface area contributed by atoms with Gasteiger partial charge in [-0.15, -0.1) is 0 Å². The summed E-state index contributed by atoms with van der Waals surface area (Å²) in [5, 5.41) is 4.30. The summed E-state index contributed by atoms with van der Waals surface area (Å²) in [6, 6.07) is 10.6. The van der Waals surface area contributed by atoms with Gasteiger partial charge in [-0.3, -0.25) is 4.79 Å². The number of Topliss-reactive ketones (excluding diaryl/α,β-unsaturated/α-hetero) is 1. The molecule has 2 aromatic carbocycles. The first-order valence-electron chi connectivity index (χ1n) is 14.6. The highest BCUT2D eigenvalue weighted by Crippen LogP contribution is 2.35. The van der Waals surface area contributed by atoms with Crippen LogP contribution in [0.2, 0.25) is 0 Å². The number of pyridine rings is 1. The number of alkyl halides is 2. The number of ether oxygens (including phenoxy) is 3. The van der Waals surface area contributed by atoms with Crippen LogP contribution < -0.4 is 15.2 Å². The molecule has 0 unspecified atom stereocenters. The molecule has 11 nitrogen and oxygen atoms in total. The Morgan fingerprint density at radius 2 is 1.87 bits per heavy atom. The molecule has 0 radical (unpaired) electrons. The van der Waals surface area contributed by atoms with Gasteiger partial charge in [-0.25, -0.2) is 31.3 Å². The van der Waals surface area contributed by atoms with Crippen molar-refractivity contribution in [1.82, 2.24) is 19.1 Å². The maximum absolute atomic E-state index is 14.0. The quantitative estimate of drug-likeness (QED) is 0.225. The molecule has 2 aliphatic rings. The van der Waals surface area contributed by atoms with Crippen LogP contribution >= 0.6 is 0 Å². The van der Waals surface area contributed by atoms with Gasteiger partial charge in [0.2, 0.25) is 15.9 Å². The van der Waals surface area contributed by atoms with E-state index in [0.29, 0.717) is 28.0 Å². The number of nitrogen functional groups attached to an aromatic ring is 1. The smallest absolute Gasteiger partial charge is 0.272 e. The fourth-order valence-electron chi connectivity index (χ4n) is 5.42. The summed E-state index contributed by atoms with van der Waals surface area (Å²) in [5.74, 6) is -1.18. The molecule has 3 heterocycles. The fourth-order valence-corrected chi connectivity index (χ4v) is 6.93. The van der Waals surface area contributed by atoms with E-state index in [9.17, 15) is 26.4 Å². The lowest BCUT2D eigenvalue weighted by atomic mass is 10.0. The molecular weight excluding hydrogens is 639 g/mol. The van der Waals surface area contributed by atoms with Crippen molar-refractivity contribution in [3.63, 3.8) is 0 Å². The van der Waals surface area contributed by atoms with Gasteiger partial charge < -0.3 is 19.9 Å². The molecule has 1 fully saturated rings. The zero-order valence-electron chi connectivity index (χ0n) is 25.2. The predicted molar refractivity (Wildman–Crippen MR) is 166 cm³/mol. The number of aryl methyl sites for hydroxylation is 1. The molecule has 15 heteroatoms. The zero-order valence-corrected chi connectivity index (χ0v) is 26.0. The van der Waals surface area contributed by atoms with Gasteiger partial charge in [-0.2, -0.15) is 9.40 Å². The van der Waals surface area contributed by atoms with Crippen LogP contribution in [-0.4, -0.2) is 72.6 Å². The molecule has 0 amide bonds. The Balaban J connectivity index is 1.23. The summed E-state index contributed by atoms with van der Waals surface area (Å²) in [5.41, 5.74) is 9.38. The number of nitrogens with zero attached hydrogens (tertiary/aromatic N) is 4. The molecule has 246 valence electrons. The van der Waals surface area contributed by atoms with E-state index < -0.39 is 40.4 Å². The number of morpholine rings is 1. The number of hydrogen-bond acceptors (Lipinski definition) is 9. The number of carbonyl (C=O) groups is 1. The summed E-state index contributed by atoms with van der Waals surface area (Å²) in [4.78, 5) is 17.9. The van der Waals surface area contributed by atoms with Gasteiger partial charge in [-0.1, -0.05) is 18.2 Å². The highest BCUT2D eigenvalue weighted by molar-refractivity contribution is 7.88. The Labute approximate surface area is 268 Å². The summed E-state index contributed by atoms with van der Waals surface area (Å²) < 4.78 is 85.2. The van der Waals surface area contributed by atoms with Crippen molar-refractivity contribution in [2.75, 3.05) is 38.6 Å². The molecule has 0 atom stereocenters. The maximum Gasteiger partial charge on any atom is 0.272 e. The Bertz CT molecular complexity index is 1980. The molecule has 2 aromatic heterocycles. The Kier molecular flexibility index (Phi) is 9.03. The van der Waals surface area contributed by atoms with Gasteiger partial charge in [0.05, 0.1) is 42.6 Å². The van der Waals surface area contributed by atoms with Crippen LogP contribution in [0, 0.1) is 12.7 Å². The van der Waals surface area contributed by atoms with E-state index in [1.54, 1.807) is 37.3 Å². The first-order chi connectivity index (χ1) is 22.5. The third-order valence-electron chi connectivity index (χ3n) is 7.78. The van der Waals surface area contributed by atoms with Gasteiger partial charge in [0.15, 0.2) is 17.3 Å². The van der Waals surface area contributed by atoms with Crippen molar-refractivity contribution in [2.45, 2.75) is 25.5 Å². The van der Waals surface area contributed by atoms with Crippen LogP contribution in [-0.2, 0) is 26.9 Å². The second-order valence-corrected chi connectivity index (χ2v) is 13.0. The van der Waals surface area contributed by atoms with E-state index in [4.69, 9.17) is 19.9 Å². The number of carbonyl (C=O) groups excluding carboxylic acids is 1. The summed E-state index contributed by atoms with van der Waals surface area (Å²) in [6.45, 7) is 1.75. The lowest BCUT2D eigenvalue weighted by Gasteiger charge is -2.26. The molecule has 0 spiro atoms. The van der Waals surface area contributed by atoms with Gasteiger partial charge in [-0.05, 0) is 47.9 Å². The van der Waals surface area contributed by atoms with Crippen molar-refractivity contribution < 1.29 is 40.6 Å². The van der Waals surface area contributed by atoms with E-state index >= 15 is 0 Å². The molecule has 1 aliphatic heterocycles. The molecule has 1 aliphatic carbocycles. The highest BCUT2D eigenvalue weighted by atomic mass is 32.2. The van der Waals surface area contributed by atoms with Crippen LogP contribution in [0.25, 0.3) is 11.8 Å². The van der Waals surface area contributed by atoms with Crippen LogP contribution in [0.3, 0.4) is 0 Å². The second-order valence-electron chi connectivity index (χ2n) is 11.0. The van der Waals surface area contributed by atoms with Crippen molar-refractivity contribution in [3.05, 3.63) is 94.1 Å². The normalized spacial score (nSPS) is 15.0. The number of rotatable bonds is 11. The number of hydrogen-bond donors (Lipinski definition) is 1. The molecule has 0 saturated carbocycles. The summed E-state index contributed by atoms with van der Waals surface area (Å²) in [6.07, 6.45) is 1.77. The first kappa shape index (κ1) is 32.2. The lowest BCUT2D eigenvalue weighted by molar-refractivity contribution is 0.0728. The Morgan fingerprint density at radius 1 is 1.11 bits per heavy atom. The van der Waals surface area contributed by atoms with Gasteiger partial charge >= 0.3 is 0 Å². The van der Waals surface area contributed by atoms with Gasteiger partial charge in [0.25, 0.3) is 6.43 Å². The van der Waals surface area contributed by atoms with E-state index in [0.717, 1.165) is 0 Å². The number of para-hydroxylation sites is 1. The number of ketones is 1. The van der Waals surface area contributed by atoms with Crippen molar-refractivity contribution in [2.24, 2.45) is 0 Å². The minimum atomic E-state index is -3.80. The number of aromatic nitrogens is 3. The molecule has 2 N–H and O–H groups in total. The summed E-state index contributed by atoms with van der Waals surface area (Å²) >= 11 is 0. The molecule has 47 heavy (non-hydrogen) atoms. The molecular formula is C32H30F3N5O6S. The lowest BCUT2D eigenvalue weighted by Crippen LogP contribution is -2.41. The van der Waals surface area contributed by atoms with Crippen molar-refractivity contribution >= 4 is 27.7 Å². The number of halogens is 3. The van der Waals surface area contributed by atoms with E-state index in [1.165, 1.54) is 39.6 Å². The third-order valence-corrected chi connectivity index (χ3v) is 9.61. The predicted octanol–water partition coefficient (Wildman–Crippen LogP) is 4.72. The summed E-state index contributed by atoms with van der Waals surface area (Å²) in [7, 11) is -3.80. The van der Waals surface area contributed by atoms with E-state index in [-0.39, 0.29) is 67.0 Å². The number of anilines is 1. The maximum atomic E-state index is 14.0. The second kappa shape index (κ2) is 13.2. The van der Waals surface area contributed by atoms with Crippen LogP contribution in [0.4, 0.5) is 19.0 Å². The average molecular weight is 670 g/mol. The topological polar surface area (TPSA) is 139 Å². The van der Waals surface area contributed by atoms with Crippen LogP contribution in [0.1, 0.15) is 32.6 Å². The molecule has 1 saturated heterocycles. The van der Waals surface area contributed by atoms with Gasteiger partial charge in [0.1, 0.15) is 18.2 Å². The van der Waals surface area contributed by atoms with Crippen molar-refractivity contribution in [1.29, 1.82) is 0 Å². The standard InChI is InChI=1S/C32H30F3N5O6S/c1-19-10-30(46-27-5-3-2-4-25(27)33)37-16-26(19)40-32(36)24(15-38-40)31(41)22-11-20-13-23(18-47(42,43)39-6-8-44-9-7-39)28(14-21(20)12-22)45-17-29(34)35/h2-5,10,12-16,29H,6-9,11,17-18,36H2,1H3. The first-order valence-corrected chi connectivity index (χ1v) is 16.2. The van der Waals surface area contributed by atoms with Crippen LogP contribution in [0.15, 0.2) is 60.4 Å². The number of allylic oxidation sites excluding steroid dienone is 1. The molecule has 0 bridgehead atoms. The molecule has 4 aromatic rings. The highest BCUT2D eigenvalue weighted by Gasteiger charge is 2.29.